The number of furan rings is 1. The molecule has 2 heterocycles. The van der Waals surface area contributed by atoms with Gasteiger partial charge in [0.05, 0.1) is 10.0 Å². The summed E-state index contributed by atoms with van der Waals surface area (Å²) < 4.78 is 12.8. The number of aromatic nitrogens is 2. The predicted molar refractivity (Wildman–Crippen MR) is 96.1 cm³/mol. The highest BCUT2D eigenvalue weighted by molar-refractivity contribution is 6.37. The molecule has 0 unspecified atom stereocenters. The molecule has 0 fully saturated rings. The van der Waals surface area contributed by atoms with E-state index in [0.29, 0.717) is 33.0 Å². The summed E-state index contributed by atoms with van der Waals surface area (Å²) in [5.41, 5.74) is 0.377. The Bertz CT molecular complexity index is 908. The highest BCUT2D eigenvalue weighted by Crippen LogP contribution is 2.33. The number of carbonyl (C=O) groups excluding carboxylic acids is 1. The van der Waals surface area contributed by atoms with E-state index < -0.39 is 0 Å². The summed E-state index contributed by atoms with van der Waals surface area (Å²) in [7, 11) is 1.75. The number of hydrogen-bond donors (Lipinski definition) is 0. The lowest BCUT2D eigenvalue weighted by Gasteiger charge is -2.07. The SMILES string of the molecule is Cn1ccc(C(=O)/C=C/c2ccc(COc3c(Cl)cccc3Cl)o2)n1. The number of ether oxygens (including phenoxy) is 1. The van der Waals surface area contributed by atoms with Crippen molar-refractivity contribution in [1.82, 2.24) is 9.78 Å². The van der Waals surface area contributed by atoms with Crippen LogP contribution in [-0.2, 0) is 13.7 Å². The lowest BCUT2D eigenvalue weighted by Crippen LogP contribution is -1.97. The molecule has 7 heteroatoms. The first-order valence-electron chi connectivity index (χ1n) is 7.40. The number of aryl methyl sites for hydroxylation is 1. The van der Waals surface area contributed by atoms with E-state index in [1.54, 1.807) is 60.4 Å². The van der Waals surface area contributed by atoms with Gasteiger partial charge in [-0.1, -0.05) is 29.3 Å². The van der Waals surface area contributed by atoms with Crippen LogP contribution in [0.15, 0.2) is 53.1 Å². The number of ketones is 1. The normalized spacial score (nSPS) is 11.2. The van der Waals surface area contributed by atoms with Gasteiger partial charge < -0.3 is 9.15 Å². The molecule has 5 nitrogen and oxygen atoms in total. The molecular weight excluding hydrogens is 363 g/mol. The number of rotatable bonds is 6. The standard InChI is InChI=1S/C18H14Cl2N2O3/c1-22-10-9-16(21-22)17(23)8-7-12-5-6-13(25-12)11-24-18-14(19)3-2-4-15(18)20/h2-10H,11H2,1H3/b8-7+. The van der Waals surface area contributed by atoms with Crippen molar-refractivity contribution >= 4 is 35.1 Å². The molecule has 0 radical (unpaired) electrons. The van der Waals surface area contributed by atoms with Crippen molar-refractivity contribution in [3.63, 3.8) is 0 Å². The van der Waals surface area contributed by atoms with Crippen LogP contribution in [0.2, 0.25) is 10.0 Å². The Hall–Kier alpha value is -2.50. The second kappa shape index (κ2) is 7.59. The minimum absolute atomic E-state index is 0.172. The van der Waals surface area contributed by atoms with Gasteiger partial charge in [-0.05, 0) is 42.5 Å². The summed E-state index contributed by atoms with van der Waals surface area (Å²) in [4.78, 5) is 12.0. The van der Waals surface area contributed by atoms with Gasteiger partial charge in [-0.2, -0.15) is 5.10 Å². The van der Waals surface area contributed by atoms with Crippen LogP contribution in [0.1, 0.15) is 22.0 Å². The van der Waals surface area contributed by atoms with Gasteiger partial charge in [0, 0.05) is 13.2 Å². The van der Waals surface area contributed by atoms with Crippen LogP contribution >= 0.6 is 23.2 Å². The Morgan fingerprint density at radius 1 is 1.24 bits per heavy atom. The minimum atomic E-state index is -0.197. The second-order valence-corrected chi connectivity index (χ2v) is 6.03. The molecule has 0 saturated heterocycles. The molecule has 0 aliphatic rings. The third kappa shape index (κ3) is 4.32. The molecule has 2 aromatic heterocycles. The van der Waals surface area contributed by atoms with E-state index in [9.17, 15) is 4.79 Å². The second-order valence-electron chi connectivity index (χ2n) is 5.22. The zero-order chi connectivity index (χ0) is 17.8. The van der Waals surface area contributed by atoms with E-state index in [-0.39, 0.29) is 12.4 Å². The minimum Gasteiger partial charge on any atom is -0.483 e. The Balaban J connectivity index is 1.62. The van der Waals surface area contributed by atoms with Crippen molar-refractivity contribution < 1.29 is 13.9 Å². The van der Waals surface area contributed by atoms with E-state index in [2.05, 4.69) is 5.10 Å². The van der Waals surface area contributed by atoms with Crippen molar-refractivity contribution in [2.45, 2.75) is 6.61 Å². The third-order valence-corrected chi connectivity index (χ3v) is 3.92. The fraction of sp³-hybridized carbons (Fsp3) is 0.111. The van der Waals surface area contributed by atoms with Gasteiger partial charge in [0.25, 0.3) is 0 Å². The van der Waals surface area contributed by atoms with Gasteiger partial charge in [0.15, 0.2) is 5.75 Å². The molecule has 0 N–H and O–H groups in total. The Morgan fingerprint density at radius 3 is 2.68 bits per heavy atom. The van der Waals surface area contributed by atoms with E-state index in [1.165, 1.54) is 6.08 Å². The number of para-hydroxylation sites is 1. The Kier molecular flexibility index (Phi) is 5.26. The quantitative estimate of drug-likeness (QED) is 0.458. The van der Waals surface area contributed by atoms with Crippen LogP contribution in [0.25, 0.3) is 6.08 Å². The fourth-order valence-corrected chi connectivity index (χ4v) is 2.62. The van der Waals surface area contributed by atoms with Crippen LogP contribution in [0.3, 0.4) is 0 Å². The molecule has 0 spiro atoms. The molecule has 3 rings (SSSR count). The average Bonchev–Trinajstić information content (AvgIpc) is 3.21. The summed E-state index contributed by atoms with van der Waals surface area (Å²) in [6.07, 6.45) is 4.71. The lowest BCUT2D eigenvalue weighted by atomic mass is 10.2. The maximum atomic E-state index is 12.0. The van der Waals surface area contributed by atoms with Crippen molar-refractivity contribution in [2.24, 2.45) is 7.05 Å². The van der Waals surface area contributed by atoms with E-state index in [4.69, 9.17) is 32.4 Å². The van der Waals surface area contributed by atoms with Crippen LogP contribution in [-0.4, -0.2) is 15.6 Å². The van der Waals surface area contributed by atoms with Gasteiger partial charge in [-0.3, -0.25) is 9.48 Å². The largest absolute Gasteiger partial charge is 0.483 e. The third-order valence-electron chi connectivity index (χ3n) is 3.33. The summed E-state index contributed by atoms with van der Waals surface area (Å²) >= 11 is 12.1. The van der Waals surface area contributed by atoms with Gasteiger partial charge in [-0.25, -0.2) is 0 Å². The van der Waals surface area contributed by atoms with E-state index in [1.807, 2.05) is 0 Å². The van der Waals surface area contributed by atoms with Crippen LogP contribution in [0.5, 0.6) is 5.75 Å². The maximum Gasteiger partial charge on any atom is 0.206 e. The average molecular weight is 377 g/mol. The number of allylic oxidation sites excluding steroid dienone is 1. The smallest absolute Gasteiger partial charge is 0.206 e. The van der Waals surface area contributed by atoms with Crippen LogP contribution < -0.4 is 4.74 Å². The number of carbonyl (C=O) groups is 1. The molecule has 25 heavy (non-hydrogen) atoms. The molecule has 0 saturated carbocycles. The summed E-state index contributed by atoms with van der Waals surface area (Å²) in [5, 5.41) is 4.91. The van der Waals surface area contributed by atoms with Gasteiger partial charge in [-0.15, -0.1) is 0 Å². The molecule has 0 aliphatic carbocycles. The number of hydrogen-bond acceptors (Lipinski definition) is 4. The molecule has 1 aromatic carbocycles. The summed E-state index contributed by atoms with van der Waals surface area (Å²) in [5.74, 6) is 1.33. The highest BCUT2D eigenvalue weighted by atomic mass is 35.5. The molecule has 0 bridgehead atoms. The first-order chi connectivity index (χ1) is 12.0. The van der Waals surface area contributed by atoms with Crippen molar-refractivity contribution in [2.75, 3.05) is 0 Å². The zero-order valence-electron chi connectivity index (χ0n) is 13.3. The van der Waals surface area contributed by atoms with Gasteiger partial charge >= 0.3 is 0 Å². The summed E-state index contributed by atoms with van der Waals surface area (Å²) in [6, 6.07) is 10.3. The number of nitrogens with zero attached hydrogens (tertiary/aromatic N) is 2. The lowest BCUT2D eigenvalue weighted by molar-refractivity contribution is 0.104. The first-order valence-corrected chi connectivity index (χ1v) is 8.16. The maximum absolute atomic E-state index is 12.0. The number of benzene rings is 1. The van der Waals surface area contributed by atoms with Crippen LogP contribution in [0.4, 0.5) is 0 Å². The zero-order valence-corrected chi connectivity index (χ0v) is 14.8. The van der Waals surface area contributed by atoms with E-state index in [0.717, 1.165) is 0 Å². The van der Waals surface area contributed by atoms with Crippen molar-refractivity contribution in [1.29, 1.82) is 0 Å². The predicted octanol–water partition coefficient (Wildman–Crippen LogP) is 4.80. The molecule has 0 aliphatic heterocycles. The monoisotopic (exact) mass is 376 g/mol. The topological polar surface area (TPSA) is 57.3 Å². The first kappa shape index (κ1) is 17.3. The highest BCUT2D eigenvalue weighted by Gasteiger charge is 2.09. The number of halogens is 2. The van der Waals surface area contributed by atoms with Crippen molar-refractivity contribution in [3.8, 4) is 5.75 Å². The molecule has 128 valence electrons. The molecule has 0 atom stereocenters. The Morgan fingerprint density at radius 2 is 2.00 bits per heavy atom. The Labute approximate surface area is 154 Å². The van der Waals surface area contributed by atoms with E-state index >= 15 is 0 Å². The van der Waals surface area contributed by atoms with Gasteiger partial charge in [0.1, 0.15) is 23.8 Å². The van der Waals surface area contributed by atoms with Crippen molar-refractivity contribution in [3.05, 3.63) is 75.9 Å². The molecule has 0 amide bonds. The fourth-order valence-electron chi connectivity index (χ4n) is 2.12. The van der Waals surface area contributed by atoms with Crippen LogP contribution in [0, 0.1) is 0 Å². The molecular formula is C18H14Cl2N2O3. The molecule has 3 aromatic rings. The summed E-state index contributed by atoms with van der Waals surface area (Å²) in [6.45, 7) is 0.172. The van der Waals surface area contributed by atoms with Gasteiger partial charge in [0.2, 0.25) is 5.78 Å².